The fourth-order valence-corrected chi connectivity index (χ4v) is 2.51. The van der Waals surface area contributed by atoms with Gasteiger partial charge in [-0.25, -0.2) is 4.79 Å². The van der Waals surface area contributed by atoms with Gasteiger partial charge in [-0.2, -0.15) is 0 Å². The van der Waals surface area contributed by atoms with Crippen molar-refractivity contribution in [2.75, 3.05) is 20.3 Å². The van der Waals surface area contributed by atoms with Gasteiger partial charge >= 0.3 is 6.09 Å². The zero-order chi connectivity index (χ0) is 14.9. The number of amides is 1. The van der Waals surface area contributed by atoms with Crippen molar-refractivity contribution in [3.05, 3.63) is 23.8 Å². The molecule has 5 heteroatoms. The monoisotopic (exact) mass is 291 g/mol. The Morgan fingerprint density at radius 3 is 2.86 bits per heavy atom. The Bertz CT molecular complexity index is 541. The van der Waals surface area contributed by atoms with Crippen LogP contribution in [0.1, 0.15) is 31.7 Å². The predicted octanol–water partition coefficient (Wildman–Crippen LogP) is 2.83. The van der Waals surface area contributed by atoms with E-state index in [-0.39, 0.29) is 6.09 Å². The van der Waals surface area contributed by atoms with Gasteiger partial charge in [0.05, 0.1) is 13.7 Å². The number of benzene rings is 1. The molecule has 5 nitrogen and oxygen atoms in total. The second kappa shape index (κ2) is 5.47. The zero-order valence-electron chi connectivity index (χ0n) is 12.5. The Morgan fingerprint density at radius 1 is 1.38 bits per heavy atom. The summed E-state index contributed by atoms with van der Waals surface area (Å²) in [6, 6.07) is 5.74. The maximum atomic E-state index is 11.5. The normalized spacial score (nSPS) is 25.0. The fourth-order valence-electron chi connectivity index (χ4n) is 2.51. The van der Waals surface area contributed by atoms with Gasteiger partial charge in [-0.15, -0.1) is 0 Å². The van der Waals surface area contributed by atoms with E-state index in [1.165, 1.54) is 12.8 Å². The quantitative estimate of drug-likeness (QED) is 0.906. The number of hydrogen-bond donors (Lipinski definition) is 1. The van der Waals surface area contributed by atoms with Crippen molar-refractivity contribution in [2.24, 2.45) is 5.92 Å². The van der Waals surface area contributed by atoms with Crippen LogP contribution < -0.4 is 14.8 Å². The third-order valence-corrected chi connectivity index (χ3v) is 4.14. The number of alkyl carbamates (subject to hydrolysis) is 1. The highest BCUT2D eigenvalue weighted by Gasteiger charge is 2.35. The summed E-state index contributed by atoms with van der Waals surface area (Å²) in [6.45, 7) is 3.26. The van der Waals surface area contributed by atoms with Crippen LogP contribution in [0.5, 0.6) is 11.5 Å². The molecular weight excluding hydrogens is 270 g/mol. The third-order valence-electron chi connectivity index (χ3n) is 4.14. The maximum Gasteiger partial charge on any atom is 0.408 e. The SMILES string of the molecule is COc1ccc(C2(C)CCNC(=O)O2)cc1OCC1CC1. The van der Waals surface area contributed by atoms with Crippen LogP contribution in [0, 0.1) is 5.92 Å². The standard InChI is InChI=1S/C16H21NO4/c1-16(7-8-17-15(18)21-16)12-5-6-13(19-2)14(9-12)20-10-11-3-4-11/h5-6,9,11H,3-4,7-8,10H2,1-2H3,(H,17,18). The number of rotatable bonds is 5. The summed E-state index contributed by atoms with van der Waals surface area (Å²) in [7, 11) is 1.63. The second-order valence-corrected chi connectivity index (χ2v) is 5.92. The molecule has 1 aromatic carbocycles. The average Bonchev–Trinajstić information content (AvgIpc) is 3.28. The van der Waals surface area contributed by atoms with Crippen molar-refractivity contribution >= 4 is 6.09 Å². The molecule has 2 fully saturated rings. The summed E-state index contributed by atoms with van der Waals surface area (Å²) in [6.07, 6.45) is 2.83. The van der Waals surface area contributed by atoms with E-state index >= 15 is 0 Å². The van der Waals surface area contributed by atoms with Crippen LogP contribution in [-0.2, 0) is 10.3 Å². The molecule has 0 spiro atoms. The van der Waals surface area contributed by atoms with E-state index in [0.717, 1.165) is 24.3 Å². The van der Waals surface area contributed by atoms with Crippen LogP contribution in [0.15, 0.2) is 18.2 Å². The zero-order valence-corrected chi connectivity index (χ0v) is 12.5. The minimum Gasteiger partial charge on any atom is -0.493 e. The minimum atomic E-state index is -0.619. The first-order valence-electron chi connectivity index (χ1n) is 7.39. The van der Waals surface area contributed by atoms with Gasteiger partial charge in [0.2, 0.25) is 0 Å². The Morgan fingerprint density at radius 2 is 2.19 bits per heavy atom. The van der Waals surface area contributed by atoms with Gasteiger partial charge in [0, 0.05) is 13.0 Å². The largest absolute Gasteiger partial charge is 0.493 e. The Kier molecular flexibility index (Phi) is 3.66. The van der Waals surface area contributed by atoms with Crippen molar-refractivity contribution in [1.82, 2.24) is 5.32 Å². The first-order valence-corrected chi connectivity index (χ1v) is 7.39. The molecule has 1 N–H and O–H groups in total. The smallest absolute Gasteiger partial charge is 0.408 e. The average molecular weight is 291 g/mol. The summed E-state index contributed by atoms with van der Waals surface area (Å²) >= 11 is 0. The van der Waals surface area contributed by atoms with E-state index in [0.29, 0.717) is 18.2 Å². The molecule has 1 aliphatic heterocycles. The number of cyclic esters (lactones) is 1. The van der Waals surface area contributed by atoms with Crippen molar-refractivity contribution in [1.29, 1.82) is 0 Å². The Labute approximate surface area is 124 Å². The molecular formula is C16H21NO4. The first-order chi connectivity index (χ1) is 10.1. The van der Waals surface area contributed by atoms with Crippen molar-refractivity contribution in [2.45, 2.75) is 31.8 Å². The Balaban J connectivity index is 1.83. The molecule has 1 atom stereocenters. The molecule has 3 rings (SSSR count). The molecule has 1 amide bonds. The van der Waals surface area contributed by atoms with Gasteiger partial charge in [0.1, 0.15) is 5.60 Å². The van der Waals surface area contributed by atoms with Crippen LogP contribution in [0.4, 0.5) is 4.79 Å². The van der Waals surface area contributed by atoms with Crippen molar-refractivity contribution in [3.63, 3.8) is 0 Å². The highest BCUT2D eigenvalue weighted by molar-refractivity contribution is 5.69. The molecule has 0 bridgehead atoms. The lowest BCUT2D eigenvalue weighted by atomic mass is 9.91. The fraction of sp³-hybridized carbons (Fsp3) is 0.562. The third kappa shape index (κ3) is 3.06. The molecule has 0 radical (unpaired) electrons. The summed E-state index contributed by atoms with van der Waals surface area (Å²) in [5, 5.41) is 2.68. The highest BCUT2D eigenvalue weighted by atomic mass is 16.6. The Hall–Kier alpha value is -1.91. The number of ether oxygens (including phenoxy) is 3. The first kappa shape index (κ1) is 14.0. The molecule has 2 aliphatic rings. The van der Waals surface area contributed by atoms with Crippen molar-refractivity contribution in [3.8, 4) is 11.5 Å². The topological polar surface area (TPSA) is 56.8 Å². The van der Waals surface area contributed by atoms with E-state index in [1.54, 1.807) is 7.11 Å². The number of nitrogens with one attached hydrogen (secondary N) is 1. The molecule has 1 heterocycles. The van der Waals surface area contributed by atoms with E-state index in [9.17, 15) is 4.79 Å². The lowest BCUT2D eigenvalue weighted by Crippen LogP contribution is -2.43. The van der Waals surface area contributed by atoms with Gasteiger partial charge in [0.15, 0.2) is 11.5 Å². The lowest BCUT2D eigenvalue weighted by molar-refractivity contribution is -0.00294. The number of carbonyl (C=O) groups excluding carboxylic acids is 1. The van der Waals surface area contributed by atoms with Gasteiger partial charge < -0.3 is 19.5 Å². The van der Waals surface area contributed by atoms with Gasteiger partial charge in [0.25, 0.3) is 0 Å². The molecule has 1 unspecified atom stereocenters. The van der Waals surface area contributed by atoms with Crippen molar-refractivity contribution < 1.29 is 19.0 Å². The predicted molar refractivity (Wildman–Crippen MR) is 77.7 cm³/mol. The van der Waals surface area contributed by atoms with Gasteiger partial charge in [-0.3, -0.25) is 0 Å². The van der Waals surface area contributed by atoms with E-state index in [1.807, 2.05) is 25.1 Å². The van der Waals surface area contributed by atoms with Crippen LogP contribution in [-0.4, -0.2) is 26.4 Å². The summed E-state index contributed by atoms with van der Waals surface area (Å²) in [5.41, 5.74) is 0.315. The molecule has 1 aromatic rings. The van der Waals surface area contributed by atoms with Crippen LogP contribution in [0.25, 0.3) is 0 Å². The number of methoxy groups -OCH3 is 1. The summed E-state index contributed by atoms with van der Waals surface area (Å²) in [4.78, 5) is 11.5. The highest BCUT2D eigenvalue weighted by Crippen LogP contribution is 2.38. The van der Waals surface area contributed by atoms with Crippen LogP contribution in [0.3, 0.4) is 0 Å². The van der Waals surface area contributed by atoms with Crippen LogP contribution >= 0.6 is 0 Å². The molecule has 0 aromatic heterocycles. The summed E-state index contributed by atoms with van der Waals surface area (Å²) in [5.74, 6) is 2.10. The molecule has 1 aliphatic carbocycles. The number of hydrogen-bond acceptors (Lipinski definition) is 4. The minimum absolute atomic E-state index is 0.375. The lowest BCUT2D eigenvalue weighted by Gasteiger charge is -2.34. The van der Waals surface area contributed by atoms with Crippen LogP contribution in [0.2, 0.25) is 0 Å². The maximum absolute atomic E-state index is 11.5. The molecule has 1 saturated carbocycles. The van der Waals surface area contributed by atoms with E-state index < -0.39 is 5.60 Å². The van der Waals surface area contributed by atoms with E-state index in [4.69, 9.17) is 14.2 Å². The number of carbonyl (C=O) groups is 1. The van der Waals surface area contributed by atoms with Gasteiger partial charge in [-0.1, -0.05) is 6.07 Å². The summed E-state index contributed by atoms with van der Waals surface area (Å²) < 4.78 is 16.7. The van der Waals surface area contributed by atoms with E-state index in [2.05, 4.69) is 5.32 Å². The molecule has 21 heavy (non-hydrogen) atoms. The van der Waals surface area contributed by atoms with Gasteiger partial charge in [-0.05, 0) is 43.4 Å². The second-order valence-electron chi connectivity index (χ2n) is 5.92. The molecule has 114 valence electrons. The molecule has 1 saturated heterocycles.